The Kier molecular flexibility index (Phi) is 3.19. The molecule has 2 aliphatic heterocycles. The van der Waals surface area contributed by atoms with Crippen molar-refractivity contribution in [3.8, 4) is 0 Å². The number of carbonyl (C=O) groups excluding carboxylic acids is 1. The Hall–Kier alpha value is -0.280. The topological polar surface area (TPSA) is 32.3 Å². The maximum Gasteiger partial charge on any atom is 0.242 e. The first-order valence-electron chi connectivity index (χ1n) is 4.75. The maximum absolute atomic E-state index is 11.7. The van der Waals surface area contributed by atoms with Gasteiger partial charge in [-0.05, 0) is 32.2 Å². The lowest BCUT2D eigenvalue weighted by atomic mass is 9.87. The fraction of sp³-hybridized carbons (Fsp3) is 0.889. The molecule has 2 aliphatic rings. The lowest BCUT2D eigenvalue weighted by Gasteiger charge is -2.32. The molecule has 0 aromatic carbocycles. The number of carbonyl (C=O) groups is 1. The number of likely N-dealkylation sites (N-methyl/N-ethyl adjacent to an activating group) is 1. The first kappa shape index (κ1) is 10.8. The van der Waals surface area contributed by atoms with Gasteiger partial charge in [-0.1, -0.05) is 0 Å². The van der Waals surface area contributed by atoms with Crippen molar-refractivity contribution >= 4 is 18.3 Å². The minimum Gasteiger partial charge on any atom is -0.344 e. The number of halogens is 1. The van der Waals surface area contributed by atoms with Crippen molar-refractivity contribution in [1.29, 1.82) is 0 Å². The van der Waals surface area contributed by atoms with E-state index in [0.29, 0.717) is 5.91 Å². The molecule has 0 aromatic rings. The van der Waals surface area contributed by atoms with Gasteiger partial charge < -0.3 is 10.2 Å². The molecule has 13 heavy (non-hydrogen) atoms. The molecule has 0 saturated carbocycles. The second-order valence-corrected chi connectivity index (χ2v) is 3.94. The molecule has 1 amide bonds. The summed E-state index contributed by atoms with van der Waals surface area (Å²) in [4.78, 5) is 13.6. The van der Waals surface area contributed by atoms with Crippen molar-refractivity contribution in [1.82, 2.24) is 10.2 Å². The summed E-state index contributed by atoms with van der Waals surface area (Å²) in [5.74, 6) is 0.308. The van der Waals surface area contributed by atoms with Crippen molar-refractivity contribution in [3.05, 3.63) is 0 Å². The zero-order valence-corrected chi connectivity index (χ0v) is 8.82. The molecule has 2 heterocycles. The van der Waals surface area contributed by atoms with E-state index in [4.69, 9.17) is 0 Å². The molecule has 76 valence electrons. The second kappa shape index (κ2) is 3.84. The van der Waals surface area contributed by atoms with E-state index in [9.17, 15) is 4.79 Å². The minimum atomic E-state index is -0.160. The number of nitrogens with one attached hydrogen (secondary N) is 1. The van der Waals surface area contributed by atoms with Crippen LogP contribution in [0.5, 0.6) is 0 Å². The highest BCUT2D eigenvalue weighted by Crippen LogP contribution is 2.29. The molecule has 0 radical (unpaired) electrons. The fourth-order valence-electron chi connectivity index (χ4n) is 2.30. The number of nitrogens with zero attached hydrogens (tertiary/aromatic N) is 1. The van der Waals surface area contributed by atoms with Gasteiger partial charge in [0.15, 0.2) is 0 Å². The van der Waals surface area contributed by atoms with Gasteiger partial charge in [0.05, 0.1) is 5.54 Å². The van der Waals surface area contributed by atoms with Crippen LogP contribution in [0.15, 0.2) is 0 Å². The van der Waals surface area contributed by atoms with Crippen LogP contribution in [0.25, 0.3) is 0 Å². The average Bonchev–Trinajstić information content (AvgIpc) is 2.37. The van der Waals surface area contributed by atoms with E-state index >= 15 is 0 Å². The summed E-state index contributed by atoms with van der Waals surface area (Å²) in [5.41, 5.74) is -0.160. The van der Waals surface area contributed by atoms with Gasteiger partial charge in [0.1, 0.15) is 0 Å². The van der Waals surface area contributed by atoms with E-state index in [-0.39, 0.29) is 17.9 Å². The zero-order chi connectivity index (χ0) is 8.60. The predicted octanol–water partition coefficient (Wildman–Crippen LogP) is 0.783. The second-order valence-electron chi connectivity index (χ2n) is 3.94. The lowest BCUT2D eigenvalue weighted by Crippen LogP contribution is -2.53. The average molecular weight is 205 g/mol. The highest BCUT2D eigenvalue weighted by Gasteiger charge is 2.45. The summed E-state index contributed by atoms with van der Waals surface area (Å²) in [7, 11) is 1.90. The molecule has 2 saturated heterocycles. The number of hydrogen-bond donors (Lipinski definition) is 1. The van der Waals surface area contributed by atoms with E-state index in [1.807, 2.05) is 11.9 Å². The van der Waals surface area contributed by atoms with Crippen molar-refractivity contribution < 1.29 is 4.79 Å². The first-order valence-corrected chi connectivity index (χ1v) is 4.75. The fourth-order valence-corrected chi connectivity index (χ4v) is 2.30. The van der Waals surface area contributed by atoms with Crippen LogP contribution in [-0.2, 0) is 4.79 Å². The molecule has 1 atom stereocenters. The lowest BCUT2D eigenvalue weighted by molar-refractivity contribution is -0.132. The molecule has 0 aliphatic carbocycles. The van der Waals surface area contributed by atoms with Gasteiger partial charge in [0.2, 0.25) is 5.91 Å². The smallest absolute Gasteiger partial charge is 0.242 e. The van der Waals surface area contributed by atoms with Crippen LogP contribution in [-0.4, -0.2) is 36.5 Å². The van der Waals surface area contributed by atoms with Crippen LogP contribution in [0.2, 0.25) is 0 Å². The third kappa shape index (κ3) is 1.67. The highest BCUT2D eigenvalue weighted by atomic mass is 35.5. The van der Waals surface area contributed by atoms with E-state index in [1.54, 1.807) is 0 Å². The molecule has 0 aromatic heterocycles. The van der Waals surface area contributed by atoms with Crippen LogP contribution in [0, 0.1) is 0 Å². The number of piperidine rings is 1. The Labute approximate surface area is 85.3 Å². The molecule has 0 bridgehead atoms. The molecular weight excluding hydrogens is 188 g/mol. The number of rotatable bonds is 0. The first-order chi connectivity index (χ1) is 5.75. The van der Waals surface area contributed by atoms with Gasteiger partial charge in [0.25, 0.3) is 0 Å². The molecule has 1 N–H and O–H groups in total. The number of likely N-dealkylation sites (tertiary alicyclic amines) is 1. The quantitative estimate of drug-likeness (QED) is 0.633. The van der Waals surface area contributed by atoms with E-state index < -0.39 is 0 Å². The monoisotopic (exact) mass is 204 g/mol. The molecule has 3 nitrogen and oxygen atoms in total. The van der Waals surface area contributed by atoms with Gasteiger partial charge in [0, 0.05) is 13.6 Å². The van der Waals surface area contributed by atoms with Gasteiger partial charge >= 0.3 is 0 Å². The summed E-state index contributed by atoms with van der Waals surface area (Å²) >= 11 is 0. The summed E-state index contributed by atoms with van der Waals surface area (Å²) in [5, 5.41) is 3.38. The Balaban J connectivity index is 0.000000845. The summed E-state index contributed by atoms with van der Waals surface area (Å²) in [6, 6.07) is 0. The van der Waals surface area contributed by atoms with Gasteiger partial charge in [-0.2, -0.15) is 0 Å². The van der Waals surface area contributed by atoms with Crippen molar-refractivity contribution in [2.75, 3.05) is 20.1 Å². The summed E-state index contributed by atoms with van der Waals surface area (Å²) in [6.45, 7) is 1.94. The van der Waals surface area contributed by atoms with Gasteiger partial charge in [-0.15, -0.1) is 12.4 Å². The van der Waals surface area contributed by atoms with E-state index in [0.717, 1.165) is 25.9 Å². The molecule has 2 rings (SSSR count). The Morgan fingerprint density at radius 3 is 2.62 bits per heavy atom. The standard InChI is InChI=1S/C9H16N2O.ClH/c1-11-7-5-9(8(11)12)4-2-3-6-10-9;/h10H,2-7H2,1H3;1H. The van der Waals surface area contributed by atoms with E-state index in [2.05, 4.69) is 5.32 Å². The van der Waals surface area contributed by atoms with Crippen LogP contribution in [0.1, 0.15) is 25.7 Å². The van der Waals surface area contributed by atoms with Crippen LogP contribution >= 0.6 is 12.4 Å². The Morgan fingerprint density at radius 2 is 2.15 bits per heavy atom. The highest BCUT2D eigenvalue weighted by molar-refractivity contribution is 5.88. The minimum absolute atomic E-state index is 0. The third-order valence-electron chi connectivity index (χ3n) is 3.12. The normalized spacial score (nSPS) is 33.6. The van der Waals surface area contributed by atoms with Crippen LogP contribution in [0.3, 0.4) is 0 Å². The van der Waals surface area contributed by atoms with Gasteiger partial charge in [-0.25, -0.2) is 0 Å². The van der Waals surface area contributed by atoms with Crippen LogP contribution < -0.4 is 5.32 Å². The molecule has 1 unspecified atom stereocenters. The van der Waals surface area contributed by atoms with Gasteiger partial charge in [-0.3, -0.25) is 4.79 Å². The molecular formula is C9H17ClN2O. The third-order valence-corrected chi connectivity index (χ3v) is 3.12. The summed E-state index contributed by atoms with van der Waals surface area (Å²) in [6.07, 6.45) is 4.46. The van der Waals surface area contributed by atoms with Crippen molar-refractivity contribution in [3.63, 3.8) is 0 Å². The largest absolute Gasteiger partial charge is 0.344 e. The molecule has 4 heteroatoms. The Bertz CT molecular complexity index is 196. The molecule has 1 spiro atoms. The van der Waals surface area contributed by atoms with Crippen LogP contribution in [0.4, 0.5) is 0 Å². The number of amides is 1. The summed E-state index contributed by atoms with van der Waals surface area (Å²) < 4.78 is 0. The molecule has 2 fully saturated rings. The zero-order valence-electron chi connectivity index (χ0n) is 8.01. The predicted molar refractivity (Wildman–Crippen MR) is 54.1 cm³/mol. The van der Waals surface area contributed by atoms with E-state index in [1.165, 1.54) is 12.8 Å². The SMILES string of the molecule is CN1CCC2(CCCCN2)C1=O.Cl. The van der Waals surface area contributed by atoms with Crippen molar-refractivity contribution in [2.24, 2.45) is 0 Å². The van der Waals surface area contributed by atoms with Crippen molar-refractivity contribution in [2.45, 2.75) is 31.2 Å². The maximum atomic E-state index is 11.7. The Morgan fingerprint density at radius 1 is 1.38 bits per heavy atom. The number of hydrogen-bond acceptors (Lipinski definition) is 2.